The van der Waals surface area contributed by atoms with Gasteiger partial charge >= 0.3 is 0 Å². The molecular weight excluding hydrogens is 359 g/mol. The third-order valence-electron chi connectivity index (χ3n) is 3.73. The van der Waals surface area contributed by atoms with Gasteiger partial charge in [0.25, 0.3) is 0 Å². The Labute approximate surface area is 152 Å². The quantitative estimate of drug-likeness (QED) is 0.771. The van der Waals surface area contributed by atoms with Crippen LogP contribution >= 0.6 is 0 Å². The molecule has 2 aromatic carbocycles. The second-order valence-electron chi connectivity index (χ2n) is 5.84. The van der Waals surface area contributed by atoms with Crippen molar-refractivity contribution < 1.29 is 22.3 Å². The summed E-state index contributed by atoms with van der Waals surface area (Å²) in [6, 6.07) is 9.70. The summed E-state index contributed by atoms with van der Waals surface area (Å²) in [7, 11) is -2.85. The molecule has 0 aliphatic heterocycles. The summed E-state index contributed by atoms with van der Waals surface area (Å²) < 4.78 is 45.5. The van der Waals surface area contributed by atoms with Crippen molar-refractivity contribution in [2.75, 3.05) is 7.11 Å². The van der Waals surface area contributed by atoms with E-state index >= 15 is 0 Å². The Hall–Kier alpha value is -2.45. The largest absolute Gasteiger partial charge is 0.495 e. The number of benzene rings is 2. The molecule has 2 N–H and O–H groups in total. The molecule has 0 aliphatic rings. The number of aryl methyl sites for hydroxylation is 1. The van der Waals surface area contributed by atoms with Gasteiger partial charge in [0, 0.05) is 6.54 Å². The van der Waals surface area contributed by atoms with E-state index in [2.05, 4.69) is 10.0 Å². The number of ether oxygens (including phenoxy) is 1. The van der Waals surface area contributed by atoms with Gasteiger partial charge in [0.1, 0.15) is 16.5 Å². The molecule has 0 fully saturated rings. The number of carbonyl (C=O) groups excluding carboxylic acids is 1. The van der Waals surface area contributed by atoms with Gasteiger partial charge in [-0.05, 0) is 37.6 Å². The van der Waals surface area contributed by atoms with Crippen molar-refractivity contribution in [3.63, 3.8) is 0 Å². The Bertz CT molecular complexity index is 883. The van der Waals surface area contributed by atoms with Crippen LogP contribution in [-0.2, 0) is 21.4 Å². The molecule has 0 heterocycles. The van der Waals surface area contributed by atoms with Gasteiger partial charge in [-0.25, -0.2) is 12.8 Å². The number of nitrogens with one attached hydrogen (secondary N) is 2. The van der Waals surface area contributed by atoms with Crippen LogP contribution in [0.3, 0.4) is 0 Å². The van der Waals surface area contributed by atoms with Crippen molar-refractivity contribution in [3.8, 4) is 5.75 Å². The normalized spacial score (nSPS) is 12.5. The molecule has 1 amide bonds. The van der Waals surface area contributed by atoms with E-state index in [1.54, 1.807) is 0 Å². The van der Waals surface area contributed by atoms with E-state index in [-0.39, 0.29) is 17.2 Å². The van der Waals surface area contributed by atoms with Crippen LogP contribution in [0.25, 0.3) is 0 Å². The highest BCUT2D eigenvalue weighted by atomic mass is 32.2. The summed E-state index contributed by atoms with van der Waals surface area (Å²) >= 11 is 0. The molecule has 8 heteroatoms. The first-order chi connectivity index (χ1) is 12.2. The Morgan fingerprint density at radius 1 is 1.19 bits per heavy atom. The number of halogens is 1. The van der Waals surface area contributed by atoms with Crippen molar-refractivity contribution in [1.29, 1.82) is 0 Å². The van der Waals surface area contributed by atoms with E-state index in [4.69, 9.17) is 4.74 Å². The average molecular weight is 380 g/mol. The number of hydrogen-bond acceptors (Lipinski definition) is 4. The first-order valence-electron chi connectivity index (χ1n) is 7.92. The molecule has 0 bridgehead atoms. The first-order valence-corrected chi connectivity index (χ1v) is 9.40. The molecule has 26 heavy (non-hydrogen) atoms. The molecule has 6 nitrogen and oxygen atoms in total. The summed E-state index contributed by atoms with van der Waals surface area (Å²) in [5.41, 5.74) is 2.00. The first kappa shape index (κ1) is 19.9. The van der Waals surface area contributed by atoms with Gasteiger partial charge in [-0.3, -0.25) is 4.79 Å². The number of carbonyl (C=O) groups is 1. The minimum Gasteiger partial charge on any atom is -0.495 e. The van der Waals surface area contributed by atoms with E-state index in [0.717, 1.165) is 23.3 Å². The molecule has 1 unspecified atom stereocenters. The molecule has 2 rings (SSSR count). The minimum absolute atomic E-state index is 0.00818. The summed E-state index contributed by atoms with van der Waals surface area (Å²) in [6.07, 6.45) is 0. The third kappa shape index (κ3) is 5.03. The van der Waals surface area contributed by atoms with Crippen LogP contribution in [0.2, 0.25) is 0 Å². The van der Waals surface area contributed by atoms with Crippen molar-refractivity contribution >= 4 is 15.9 Å². The van der Waals surface area contributed by atoms with Crippen LogP contribution < -0.4 is 14.8 Å². The molecule has 140 valence electrons. The molecule has 2 aromatic rings. The predicted molar refractivity (Wildman–Crippen MR) is 95.8 cm³/mol. The molecule has 1 atom stereocenters. The Morgan fingerprint density at radius 3 is 2.46 bits per heavy atom. The standard InChI is InChI=1S/C18H21FN2O4S/c1-12-4-6-14(7-5-12)11-20-18(22)13(2)21-26(23,24)17-10-15(19)8-9-16(17)25-3/h4-10,13,21H,11H2,1-3H3,(H,20,22). The number of sulfonamides is 1. The zero-order valence-electron chi connectivity index (χ0n) is 14.7. The highest BCUT2D eigenvalue weighted by molar-refractivity contribution is 7.89. The van der Waals surface area contributed by atoms with E-state index in [1.807, 2.05) is 31.2 Å². The lowest BCUT2D eigenvalue weighted by Gasteiger charge is -2.16. The average Bonchev–Trinajstić information content (AvgIpc) is 2.60. The van der Waals surface area contributed by atoms with Crippen LogP contribution in [0.15, 0.2) is 47.4 Å². The fraction of sp³-hybridized carbons (Fsp3) is 0.278. The van der Waals surface area contributed by atoms with Gasteiger partial charge in [-0.15, -0.1) is 0 Å². The lowest BCUT2D eigenvalue weighted by molar-refractivity contribution is -0.122. The second kappa shape index (κ2) is 8.29. The highest BCUT2D eigenvalue weighted by Crippen LogP contribution is 2.24. The second-order valence-corrected chi connectivity index (χ2v) is 7.52. The highest BCUT2D eigenvalue weighted by Gasteiger charge is 2.25. The van der Waals surface area contributed by atoms with Gasteiger partial charge < -0.3 is 10.1 Å². The van der Waals surface area contributed by atoms with E-state index in [9.17, 15) is 17.6 Å². The monoisotopic (exact) mass is 380 g/mol. The maximum Gasteiger partial charge on any atom is 0.245 e. The summed E-state index contributed by atoms with van der Waals surface area (Å²) in [5.74, 6) is -1.22. The predicted octanol–water partition coefficient (Wildman–Crippen LogP) is 2.13. The molecule has 0 spiro atoms. The zero-order chi connectivity index (χ0) is 19.3. The van der Waals surface area contributed by atoms with Crippen molar-refractivity contribution in [2.24, 2.45) is 0 Å². The van der Waals surface area contributed by atoms with Gasteiger partial charge in [-0.1, -0.05) is 29.8 Å². The van der Waals surface area contributed by atoms with E-state index < -0.39 is 27.8 Å². The minimum atomic E-state index is -4.13. The van der Waals surface area contributed by atoms with Crippen LogP contribution in [0.4, 0.5) is 4.39 Å². The lowest BCUT2D eigenvalue weighted by atomic mass is 10.1. The molecule has 0 saturated carbocycles. The summed E-state index contributed by atoms with van der Waals surface area (Å²) in [4.78, 5) is 11.8. The fourth-order valence-corrected chi connectivity index (χ4v) is 3.64. The van der Waals surface area contributed by atoms with Crippen LogP contribution in [0.1, 0.15) is 18.1 Å². The van der Waals surface area contributed by atoms with Crippen LogP contribution in [0, 0.1) is 12.7 Å². The topological polar surface area (TPSA) is 84.5 Å². The molecule has 0 aliphatic carbocycles. The molecule has 0 aromatic heterocycles. The number of amides is 1. The molecule has 0 saturated heterocycles. The zero-order valence-corrected chi connectivity index (χ0v) is 15.6. The van der Waals surface area contributed by atoms with Crippen LogP contribution in [0.5, 0.6) is 5.75 Å². The van der Waals surface area contributed by atoms with E-state index in [0.29, 0.717) is 0 Å². The Balaban J connectivity index is 2.05. The number of rotatable bonds is 7. The maximum atomic E-state index is 13.4. The summed E-state index contributed by atoms with van der Waals surface area (Å²) in [6.45, 7) is 3.64. The van der Waals surface area contributed by atoms with E-state index in [1.165, 1.54) is 20.1 Å². The Kier molecular flexibility index (Phi) is 6.33. The number of methoxy groups -OCH3 is 1. The van der Waals surface area contributed by atoms with Crippen molar-refractivity contribution in [3.05, 3.63) is 59.4 Å². The van der Waals surface area contributed by atoms with Crippen molar-refractivity contribution in [1.82, 2.24) is 10.0 Å². The van der Waals surface area contributed by atoms with Gasteiger partial charge in [0.15, 0.2) is 0 Å². The maximum absolute atomic E-state index is 13.4. The smallest absolute Gasteiger partial charge is 0.245 e. The number of hydrogen-bond donors (Lipinski definition) is 2. The van der Waals surface area contributed by atoms with Crippen LogP contribution in [-0.4, -0.2) is 27.5 Å². The third-order valence-corrected chi connectivity index (χ3v) is 5.29. The Morgan fingerprint density at radius 2 is 1.85 bits per heavy atom. The molecular formula is C18H21FN2O4S. The van der Waals surface area contributed by atoms with Crippen molar-refractivity contribution in [2.45, 2.75) is 31.3 Å². The van der Waals surface area contributed by atoms with Gasteiger partial charge in [0.2, 0.25) is 15.9 Å². The molecule has 0 radical (unpaired) electrons. The van der Waals surface area contributed by atoms with Gasteiger partial charge in [-0.2, -0.15) is 4.72 Å². The lowest BCUT2D eigenvalue weighted by Crippen LogP contribution is -2.44. The fourth-order valence-electron chi connectivity index (χ4n) is 2.26. The summed E-state index contributed by atoms with van der Waals surface area (Å²) in [5, 5.41) is 2.66. The SMILES string of the molecule is COc1ccc(F)cc1S(=O)(=O)NC(C)C(=O)NCc1ccc(C)cc1. The van der Waals surface area contributed by atoms with Gasteiger partial charge in [0.05, 0.1) is 13.2 Å².